The van der Waals surface area contributed by atoms with Gasteiger partial charge in [-0.15, -0.1) is 0 Å². The Morgan fingerprint density at radius 1 is 1.19 bits per heavy atom. The fourth-order valence-corrected chi connectivity index (χ4v) is 4.28. The van der Waals surface area contributed by atoms with Crippen LogP contribution in [0.3, 0.4) is 0 Å². The number of aryl methyl sites for hydroxylation is 1. The summed E-state index contributed by atoms with van der Waals surface area (Å²) in [6.07, 6.45) is 0. The van der Waals surface area contributed by atoms with Crippen LogP contribution >= 0.6 is 39.1 Å². The molecule has 2 aromatic carbocycles. The lowest BCUT2D eigenvalue weighted by atomic mass is 10.2. The van der Waals surface area contributed by atoms with Crippen LogP contribution < -0.4 is 10.5 Å². The van der Waals surface area contributed by atoms with E-state index in [-0.39, 0.29) is 20.1 Å². The molecule has 0 saturated carbocycles. The molecule has 0 aliphatic rings. The first-order valence-corrected chi connectivity index (χ1v) is 8.77. The number of benzene rings is 2. The van der Waals surface area contributed by atoms with Crippen molar-refractivity contribution in [1.29, 1.82) is 0 Å². The highest BCUT2D eigenvalue weighted by Crippen LogP contribution is 2.33. The van der Waals surface area contributed by atoms with Gasteiger partial charge in [-0.05, 0) is 52.7 Å². The number of hydrogen-bond donors (Lipinski definition) is 2. The van der Waals surface area contributed by atoms with E-state index < -0.39 is 10.0 Å². The average molecular weight is 410 g/mol. The molecule has 0 aliphatic carbocycles. The zero-order chi connectivity index (χ0) is 15.8. The monoisotopic (exact) mass is 408 g/mol. The van der Waals surface area contributed by atoms with E-state index in [1.165, 1.54) is 12.1 Å². The fourth-order valence-electron chi connectivity index (χ4n) is 1.70. The molecule has 2 rings (SSSR count). The SMILES string of the molecule is Cc1ccc(Cl)c(NS(=O)(=O)c2cc(Cl)cc(N)c2Br)c1. The third-order valence-electron chi connectivity index (χ3n) is 2.69. The van der Waals surface area contributed by atoms with Crippen LogP contribution in [-0.4, -0.2) is 8.42 Å². The molecule has 0 aliphatic heterocycles. The third kappa shape index (κ3) is 3.63. The van der Waals surface area contributed by atoms with E-state index in [0.29, 0.717) is 10.7 Å². The van der Waals surface area contributed by atoms with Crippen LogP contribution in [0, 0.1) is 6.92 Å². The van der Waals surface area contributed by atoms with Gasteiger partial charge in [-0.1, -0.05) is 29.3 Å². The van der Waals surface area contributed by atoms with Gasteiger partial charge in [0.1, 0.15) is 4.90 Å². The summed E-state index contributed by atoms with van der Waals surface area (Å²) in [7, 11) is -3.87. The van der Waals surface area contributed by atoms with E-state index >= 15 is 0 Å². The highest BCUT2D eigenvalue weighted by Gasteiger charge is 2.21. The lowest BCUT2D eigenvalue weighted by Crippen LogP contribution is -2.14. The Labute approximate surface area is 141 Å². The zero-order valence-electron chi connectivity index (χ0n) is 10.8. The van der Waals surface area contributed by atoms with Gasteiger partial charge in [-0.2, -0.15) is 0 Å². The first-order valence-electron chi connectivity index (χ1n) is 5.74. The van der Waals surface area contributed by atoms with Gasteiger partial charge < -0.3 is 5.73 Å². The molecule has 112 valence electrons. The number of halogens is 3. The third-order valence-corrected chi connectivity index (χ3v) is 5.77. The summed E-state index contributed by atoms with van der Waals surface area (Å²) in [6, 6.07) is 7.82. The normalized spacial score (nSPS) is 11.4. The molecule has 0 fully saturated rings. The van der Waals surface area contributed by atoms with Crippen molar-refractivity contribution < 1.29 is 8.42 Å². The molecule has 0 amide bonds. The minimum Gasteiger partial charge on any atom is -0.398 e. The smallest absolute Gasteiger partial charge is 0.263 e. The lowest BCUT2D eigenvalue weighted by Gasteiger charge is -2.13. The summed E-state index contributed by atoms with van der Waals surface area (Å²) in [5.41, 5.74) is 7.12. The van der Waals surface area contributed by atoms with E-state index in [1.54, 1.807) is 18.2 Å². The number of nitrogens with two attached hydrogens (primary N) is 1. The number of nitrogens with one attached hydrogen (secondary N) is 1. The molecule has 2 aromatic rings. The molecule has 0 radical (unpaired) electrons. The quantitative estimate of drug-likeness (QED) is 0.735. The molecule has 0 aromatic heterocycles. The fraction of sp³-hybridized carbons (Fsp3) is 0.0769. The minimum absolute atomic E-state index is 0.0509. The topological polar surface area (TPSA) is 72.2 Å². The Morgan fingerprint density at radius 3 is 2.52 bits per heavy atom. The van der Waals surface area contributed by atoms with Crippen LogP contribution in [-0.2, 0) is 10.0 Å². The van der Waals surface area contributed by atoms with E-state index in [4.69, 9.17) is 28.9 Å². The van der Waals surface area contributed by atoms with Crippen molar-refractivity contribution >= 4 is 60.5 Å². The predicted octanol–water partition coefficient (Wildman–Crippen LogP) is 4.45. The molecule has 3 N–H and O–H groups in total. The van der Waals surface area contributed by atoms with Crippen molar-refractivity contribution in [2.75, 3.05) is 10.5 Å². The molecule has 4 nitrogen and oxygen atoms in total. The van der Waals surface area contributed by atoms with E-state index in [9.17, 15) is 8.42 Å². The Bertz CT molecular complexity index is 810. The van der Waals surface area contributed by atoms with Crippen molar-refractivity contribution in [2.45, 2.75) is 11.8 Å². The van der Waals surface area contributed by atoms with Crippen molar-refractivity contribution in [3.8, 4) is 0 Å². The zero-order valence-corrected chi connectivity index (χ0v) is 14.7. The number of rotatable bonds is 3. The standard InChI is InChI=1S/C13H11BrCl2N2O2S/c1-7-2-3-9(16)11(4-7)18-21(19,20)12-6-8(15)5-10(17)13(12)14/h2-6,18H,17H2,1H3. The van der Waals surface area contributed by atoms with Crippen LogP contribution in [0.4, 0.5) is 11.4 Å². The molecular weight excluding hydrogens is 399 g/mol. The molecule has 0 unspecified atom stereocenters. The van der Waals surface area contributed by atoms with Crippen molar-refractivity contribution in [3.05, 3.63) is 50.4 Å². The maximum Gasteiger partial charge on any atom is 0.263 e. The van der Waals surface area contributed by atoms with Crippen LogP contribution in [0.2, 0.25) is 10.0 Å². The average Bonchev–Trinajstić information content (AvgIpc) is 2.37. The number of nitrogen functional groups attached to an aromatic ring is 1. The molecule has 21 heavy (non-hydrogen) atoms. The second-order valence-corrected chi connectivity index (χ2v) is 7.68. The van der Waals surface area contributed by atoms with Crippen LogP contribution in [0.1, 0.15) is 5.56 Å². The van der Waals surface area contributed by atoms with Gasteiger partial charge in [0, 0.05) is 10.7 Å². The van der Waals surface area contributed by atoms with E-state index in [2.05, 4.69) is 20.7 Å². The molecule has 0 spiro atoms. The molecule has 0 atom stereocenters. The summed E-state index contributed by atoms with van der Waals surface area (Å²) in [5, 5.41) is 0.529. The van der Waals surface area contributed by atoms with Crippen molar-refractivity contribution in [1.82, 2.24) is 0 Å². The summed E-state index contributed by atoms with van der Waals surface area (Å²) >= 11 is 15.0. The van der Waals surface area contributed by atoms with Gasteiger partial charge in [-0.25, -0.2) is 8.42 Å². The molecule has 0 bridgehead atoms. The Morgan fingerprint density at radius 2 is 1.86 bits per heavy atom. The van der Waals surface area contributed by atoms with E-state index in [1.807, 2.05) is 6.92 Å². The van der Waals surface area contributed by atoms with Gasteiger partial charge in [0.05, 0.1) is 15.2 Å². The second kappa shape index (κ2) is 6.04. The van der Waals surface area contributed by atoms with Gasteiger partial charge in [-0.3, -0.25) is 4.72 Å². The minimum atomic E-state index is -3.87. The van der Waals surface area contributed by atoms with Crippen LogP contribution in [0.5, 0.6) is 0 Å². The van der Waals surface area contributed by atoms with Gasteiger partial charge in [0.15, 0.2) is 0 Å². The lowest BCUT2D eigenvalue weighted by molar-refractivity contribution is 0.601. The van der Waals surface area contributed by atoms with Gasteiger partial charge in [0.25, 0.3) is 10.0 Å². The summed E-state index contributed by atoms with van der Waals surface area (Å²) < 4.78 is 27.6. The summed E-state index contributed by atoms with van der Waals surface area (Å²) in [6.45, 7) is 1.83. The number of anilines is 2. The Hall–Kier alpha value is -0.950. The first-order chi connectivity index (χ1) is 9.70. The van der Waals surface area contributed by atoms with Crippen molar-refractivity contribution in [2.24, 2.45) is 0 Å². The van der Waals surface area contributed by atoms with Gasteiger partial charge in [0.2, 0.25) is 0 Å². The molecule has 0 heterocycles. The second-order valence-electron chi connectivity index (χ2n) is 4.40. The molecule has 0 saturated heterocycles. The number of hydrogen-bond acceptors (Lipinski definition) is 3. The largest absolute Gasteiger partial charge is 0.398 e. The van der Waals surface area contributed by atoms with Crippen molar-refractivity contribution in [3.63, 3.8) is 0 Å². The molecule has 8 heteroatoms. The summed E-state index contributed by atoms with van der Waals surface area (Å²) in [4.78, 5) is -0.0509. The van der Waals surface area contributed by atoms with Crippen LogP contribution in [0.15, 0.2) is 39.7 Å². The highest BCUT2D eigenvalue weighted by atomic mass is 79.9. The predicted molar refractivity (Wildman–Crippen MR) is 90.6 cm³/mol. The maximum absolute atomic E-state index is 12.5. The van der Waals surface area contributed by atoms with Gasteiger partial charge >= 0.3 is 0 Å². The highest BCUT2D eigenvalue weighted by molar-refractivity contribution is 9.10. The first kappa shape index (κ1) is 16.4. The summed E-state index contributed by atoms with van der Waals surface area (Å²) in [5.74, 6) is 0. The number of sulfonamides is 1. The molecular formula is C13H11BrCl2N2O2S. The Balaban J connectivity index is 2.51. The van der Waals surface area contributed by atoms with E-state index in [0.717, 1.165) is 5.56 Å². The Kier molecular flexibility index (Phi) is 4.72. The maximum atomic E-state index is 12.5. The van der Waals surface area contributed by atoms with Crippen LogP contribution in [0.25, 0.3) is 0 Å².